The molecule has 1 unspecified atom stereocenters. The van der Waals surface area contributed by atoms with Gasteiger partial charge in [0, 0.05) is 23.3 Å². The van der Waals surface area contributed by atoms with E-state index in [2.05, 4.69) is 20.9 Å². The third-order valence-corrected chi connectivity index (χ3v) is 2.30. The molecule has 0 spiro atoms. The Morgan fingerprint density at radius 1 is 1.65 bits per heavy atom. The first kappa shape index (κ1) is 13.9. The van der Waals surface area contributed by atoms with Gasteiger partial charge in [-0.05, 0) is 29.8 Å². The van der Waals surface area contributed by atoms with Crippen molar-refractivity contribution in [2.24, 2.45) is 0 Å². The predicted molar refractivity (Wildman–Crippen MR) is 65.2 cm³/mol. The van der Waals surface area contributed by atoms with Crippen molar-refractivity contribution < 1.29 is 14.4 Å². The van der Waals surface area contributed by atoms with Crippen LogP contribution in [0.15, 0.2) is 16.7 Å². The molecule has 0 aliphatic rings. The number of ether oxygens (including phenoxy) is 2. The summed E-state index contributed by atoms with van der Waals surface area (Å²) in [5.41, 5.74) is -0.164. The highest BCUT2D eigenvalue weighted by Gasteiger charge is 2.19. The Morgan fingerprint density at radius 3 is 2.94 bits per heavy atom. The van der Waals surface area contributed by atoms with Crippen LogP contribution < -0.4 is 4.74 Å². The van der Waals surface area contributed by atoms with Crippen molar-refractivity contribution in [3.63, 3.8) is 0 Å². The summed E-state index contributed by atoms with van der Waals surface area (Å²) in [6.45, 7) is 4.57. The number of halogens is 1. The molecular weight excluding hydrogens is 292 g/mol. The smallest absolute Gasteiger partial charge is 0.332 e. The molecule has 0 aromatic carbocycles. The van der Waals surface area contributed by atoms with Crippen LogP contribution in [0.25, 0.3) is 0 Å². The van der Waals surface area contributed by atoms with E-state index >= 15 is 0 Å². The molecule has 1 rings (SSSR count). The summed E-state index contributed by atoms with van der Waals surface area (Å²) in [5, 5.41) is 10.8. The first-order valence-electron chi connectivity index (χ1n) is 5.09. The number of hydrogen-bond donors (Lipinski definition) is 0. The molecular formula is C10H13BrN2O4. The van der Waals surface area contributed by atoms with Crippen molar-refractivity contribution in [2.45, 2.75) is 20.0 Å². The van der Waals surface area contributed by atoms with Crippen molar-refractivity contribution in [2.75, 3.05) is 13.2 Å². The summed E-state index contributed by atoms with van der Waals surface area (Å²) in [6, 6.07) is 1.36. The van der Waals surface area contributed by atoms with E-state index in [0.29, 0.717) is 17.7 Å². The summed E-state index contributed by atoms with van der Waals surface area (Å²) in [7, 11) is 0. The van der Waals surface area contributed by atoms with Gasteiger partial charge in [0.2, 0.25) is 0 Å². The second kappa shape index (κ2) is 6.51. The number of hydrogen-bond acceptors (Lipinski definition) is 5. The van der Waals surface area contributed by atoms with E-state index in [4.69, 9.17) is 9.47 Å². The maximum absolute atomic E-state index is 10.8. The van der Waals surface area contributed by atoms with Crippen LogP contribution in [0.1, 0.15) is 13.8 Å². The van der Waals surface area contributed by atoms with Crippen LogP contribution >= 0.6 is 15.9 Å². The first-order valence-corrected chi connectivity index (χ1v) is 5.88. The molecule has 94 valence electrons. The van der Waals surface area contributed by atoms with Crippen molar-refractivity contribution in [3.05, 3.63) is 26.9 Å². The number of nitro groups is 1. The lowest BCUT2D eigenvalue weighted by Gasteiger charge is -2.13. The molecule has 1 aromatic heterocycles. The summed E-state index contributed by atoms with van der Waals surface area (Å²) in [4.78, 5) is 14.2. The summed E-state index contributed by atoms with van der Waals surface area (Å²) in [5.74, 6) is 0.00500. The van der Waals surface area contributed by atoms with Crippen molar-refractivity contribution in [3.8, 4) is 5.88 Å². The lowest BCUT2D eigenvalue weighted by Crippen LogP contribution is -2.20. The van der Waals surface area contributed by atoms with E-state index in [1.54, 1.807) is 6.92 Å². The highest BCUT2D eigenvalue weighted by Crippen LogP contribution is 2.27. The number of pyridine rings is 1. The van der Waals surface area contributed by atoms with Crippen LogP contribution in [0.2, 0.25) is 0 Å². The fourth-order valence-corrected chi connectivity index (χ4v) is 1.47. The van der Waals surface area contributed by atoms with E-state index in [-0.39, 0.29) is 17.7 Å². The molecule has 0 aliphatic heterocycles. The highest BCUT2D eigenvalue weighted by atomic mass is 79.9. The third-order valence-electron chi connectivity index (χ3n) is 1.87. The Hall–Kier alpha value is -1.21. The molecule has 0 radical (unpaired) electrons. The van der Waals surface area contributed by atoms with E-state index in [0.717, 1.165) is 0 Å². The molecule has 17 heavy (non-hydrogen) atoms. The van der Waals surface area contributed by atoms with Gasteiger partial charge in [-0.2, -0.15) is 0 Å². The fraction of sp³-hybridized carbons (Fsp3) is 0.500. The van der Waals surface area contributed by atoms with Gasteiger partial charge < -0.3 is 9.47 Å². The molecule has 7 heteroatoms. The minimum atomic E-state index is -0.527. The van der Waals surface area contributed by atoms with Gasteiger partial charge in [-0.3, -0.25) is 10.1 Å². The van der Waals surface area contributed by atoms with Gasteiger partial charge in [0.1, 0.15) is 6.10 Å². The van der Waals surface area contributed by atoms with Crippen LogP contribution in [0.4, 0.5) is 5.69 Å². The molecule has 1 aromatic rings. The zero-order valence-electron chi connectivity index (χ0n) is 9.55. The zero-order chi connectivity index (χ0) is 12.8. The molecule has 0 aliphatic carbocycles. The lowest BCUT2D eigenvalue weighted by atomic mass is 10.4. The summed E-state index contributed by atoms with van der Waals surface area (Å²) < 4.78 is 11.1. The molecule has 0 saturated heterocycles. The molecule has 0 N–H and O–H groups in total. The van der Waals surface area contributed by atoms with Crippen LogP contribution in [0.3, 0.4) is 0 Å². The van der Waals surface area contributed by atoms with Gasteiger partial charge in [-0.15, -0.1) is 0 Å². The minimum Gasteiger partial charge on any atom is -0.467 e. The predicted octanol–water partition coefficient (Wildman–Crippen LogP) is 2.56. The topological polar surface area (TPSA) is 74.5 Å². The fourth-order valence-electron chi connectivity index (χ4n) is 1.15. The number of nitrogens with zero attached hydrogens (tertiary/aromatic N) is 2. The minimum absolute atomic E-state index is 0.00500. The Bertz CT molecular complexity index is 400. The standard InChI is InChI=1S/C10H13BrN2O4/c1-3-16-6-7(2)17-10-9(13(14)15)4-8(11)5-12-10/h4-5,7H,3,6H2,1-2H3. The van der Waals surface area contributed by atoms with Crippen molar-refractivity contribution >= 4 is 21.6 Å². The van der Waals surface area contributed by atoms with Gasteiger partial charge in [-0.25, -0.2) is 4.98 Å². The van der Waals surface area contributed by atoms with Crippen LogP contribution in [-0.2, 0) is 4.74 Å². The maximum atomic E-state index is 10.8. The second-order valence-corrected chi connectivity index (χ2v) is 4.24. The maximum Gasteiger partial charge on any atom is 0.332 e. The second-order valence-electron chi connectivity index (χ2n) is 3.32. The van der Waals surface area contributed by atoms with Gasteiger partial charge in [0.25, 0.3) is 5.88 Å². The average molecular weight is 305 g/mol. The zero-order valence-corrected chi connectivity index (χ0v) is 11.1. The Balaban J connectivity index is 2.79. The van der Waals surface area contributed by atoms with Gasteiger partial charge >= 0.3 is 5.69 Å². The van der Waals surface area contributed by atoms with Crippen molar-refractivity contribution in [1.29, 1.82) is 0 Å². The molecule has 0 amide bonds. The number of aromatic nitrogens is 1. The monoisotopic (exact) mass is 304 g/mol. The van der Waals surface area contributed by atoms with Gasteiger partial charge in [0.05, 0.1) is 11.5 Å². The van der Waals surface area contributed by atoms with Crippen LogP contribution in [0, 0.1) is 10.1 Å². The summed E-state index contributed by atoms with van der Waals surface area (Å²) in [6.07, 6.45) is 1.16. The van der Waals surface area contributed by atoms with E-state index in [1.165, 1.54) is 12.3 Å². The molecule has 0 saturated carbocycles. The van der Waals surface area contributed by atoms with E-state index in [9.17, 15) is 10.1 Å². The largest absolute Gasteiger partial charge is 0.467 e. The van der Waals surface area contributed by atoms with E-state index < -0.39 is 4.92 Å². The van der Waals surface area contributed by atoms with Crippen LogP contribution in [-0.4, -0.2) is 29.2 Å². The number of rotatable bonds is 6. The average Bonchev–Trinajstić information content (AvgIpc) is 2.28. The molecule has 0 fully saturated rings. The quantitative estimate of drug-likeness (QED) is 0.596. The van der Waals surface area contributed by atoms with Gasteiger partial charge in [0.15, 0.2) is 0 Å². The first-order chi connectivity index (χ1) is 8.04. The molecule has 0 bridgehead atoms. The SMILES string of the molecule is CCOCC(C)Oc1ncc(Br)cc1[N+](=O)[O-]. The lowest BCUT2D eigenvalue weighted by molar-refractivity contribution is -0.386. The van der Waals surface area contributed by atoms with E-state index in [1.807, 2.05) is 6.92 Å². The molecule has 1 heterocycles. The Labute approximate surface area is 107 Å². The third kappa shape index (κ3) is 4.27. The van der Waals surface area contributed by atoms with Gasteiger partial charge in [-0.1, -0.05) is 0 Å². The summed E-state index contributed by atoms with van der Waals surface area (Å²) >= 11 is 3.13. The van der Waals surface area contributed by atoms with Crippen LogP contribution in [0.5, 0.6) is 5.88 Å². The highest BCUT2D eigenvalue weighted by molar-refractivity contribution is 9.10. The Morgan fingerprint density at radius 2 is 2.35 bits per heavy atom. The Kier molecular flexibility index (Phi) is 5.30. The van der Waals surface area contributed by atoms with Crippen molar-refractivity contribution in [1.82, 2.24) is 4.98 Å². The molecule has 6 nitrogen and oxygen atoms in total. The molecule has 1 atom stereocenters. The normalized spacial score (nSPS) is 12.2.